The SMILES string of the molecule is COc1cccc(COC(C)CC(=N)N)c1. The molecule has 1 unspecified atom stereocenters. The van der Waals surface area contributed by atoms with Crippen LogP contribution < -0.4 is 10.5 Å². The Balaban J connectivity index is 2.44. The van der Waals surface area contributed by atoms with E-state index in [0.29, 0.717) is 13.0 Å². The fourth-order valence-corrected chi connectivity index (χ4v) is 1.37. The molecule has 1 aromatic carbocycles. The molecule has 4 nitrogen and oxygen atoms in total. The summed E-state index contributed by atoms with van der Waals surface area (Å²) in [5.74, 6) is 0.971. The fourth-order valence-electron chi connectivity index (χ4n) is 1.37. The molecule has 0 heterocycles. The standard InChI is InChI=1S/C12H18N2O2/c1-9(6-12(13)14)16-8-10-4-3-5-11(7-10)15-2/h3-5,7,9H,6,8H2,1-2H3,(H3,13,14). The second-order valence-electron chi connectivity index (χ2n) is 3.70. The molecule has 0 fully saturated rings. The van der Waals surface area contributed by atoms with Gasteiger partial charge in [-0.25, -0.2) is 0 Å². The molecule has 1 rings (SSSR count). The van der Waals surface area contributed by atoms with Crippen LogP contribution in [0.15, 0.2) is 24.3 Å². The molecular weight excluding hydrogens is 204 g/mol. The minimum Gasteiger partial charge on any atom is -0.497 e. The summed E-state index contributed by atoms with van der Waals surface area (Å²) in [6.45, 7) is 2.41. The first kappa shape index (κ1) is 12.5. The van der Waals surface area contributed by atoms with Crippen LogP contribution in [0.1, 0.15) is 18.9 Å². The predicted octanol–water partition coefficient (Wildman–Crippen LogP) is 1.93. The summed E-state index contributed by atoms with van der Waals surface area (Å²) in [6, 6.07) is 7.72. The first-order valence-electron chi connectivity index (χ1n) is 5.19. The van der Waals surface area contributed by atoms with Gasteiger partial charge < -0.3 is 15.2 Å². The van der Waals surface area contributed by atoms with Gasteiger partial charge in [0.2, 0.25) is 0 Å². The third-order valence-electron chi connectivity index (χ3n) is 2.18. The lowest BCUT2D eigenvalue weighted by Gasteiger charge is -2.12. The van der Waals surface area contributed by atoms with E-state index in [-0.39, 0.29) is 11.9 Å². The Bertz CT molecular complexity index is 353. The minimum absolute atomic E-state index is 0.0382. The van der Waals surface area contributed by atoms with Gasteiger partial charge in [0.15, 0.2) is 0 Å². The number of nitrogens with two attached hydrogens (primary N) is 1. The van der Waals surface area contributed by atoms with Crippen molar-refractivity contribution in [3.63, 3.8) is 0 Å². The number of ether oxygens (including phenoxy) is 2. The number of hydrogen-bond donors (Lipinski definition) is 2. The molecule has 4 heteroatoms. The molecule has 0 aliphatic rings. The largest absolute Gasteiger partial charge is 0.497 e. The molecule has 0 aliphatic heterocycles. The van der Waals surface area contributed by atoms with Gasteiger partial charge in [-0.3, -0.25) is 5.41 Å². The van der Waals surface area contributed by atoms with Gasteiger partial charge in [0.25, 0.3) is 0 Å². The summed E-state index contributed by atoms with van der Waals surface area (Å²) in [5.41, 5.74) is 6.34. The molecule has 1 aromatic rings. The van der Waals surface area contributed by atoms with Gasteiger partial charge in [-0.05, 0) is 24.6 Å². The van der Waals surface area contributed by atoms with E-state index in [9.17, 15) is 0 Å². The zero-order valence-electron chi connectivity index (χ0n) is 9.69. The van der Waals surface area contributed by atoms with Crippen LogP contribution in [0, 0.1) is 5.41 Å². The second kappa shape index (κ2) is 6.12. The number of methoxy groups -OCH3 is 1. The summed E-state index contributed by atoms with van der Waals surface area (Å²) < 4.78 is 10.7. The average molecular weight is 222 g/mol. The van der Waals surface area contributed by atoms with Gasteiger partial charge >= 0.3 is 0 Å². The first-order valence-corrected chi connectivity index (χ1v) is 5.19. The van der Waals surface area contributed by atoms with Crippen molar-refractivity contribution in [3.8, 4) is 5.75 Å². The highest BCUT2D eigenvalue weighted by Gasteiger charge is 2.04. The summed E-state index contributed by atoms with van der Waals surface area (Å²) in [6.07, 6.45) is 0.424. The first-order chi connectivity index (χ1) is 7.61. The molecule has 0 radical (unpaired) electrons. The summed E-state index contributed by atoms with van der Waals surface area (Å²) in [5, 5.41) is 7.15. The third kappa shape index (κ3) is 4.31. The monoisotopic (exact) mass is 222 g/mol. The van der Waals surface area contributed by atoms with Crippen molar-refractivity contribution in [1.29, 1.82) is 5.41 Å². The molecule has 3 N–H and O–H groups in total. The van der Waals surface area contributed by atoms with Crippen LogP contribution in [0.4, 0.5) is 0 Å². The highest BCUT2D eigenvalue weighted by Crippen LogP contribution is 2.14. The molecule has 0 saturated heterocycles. The predicted molar refractivity (Wildman–Crippen MR) is 63.8 cm³/mol. The maximum Gasteiger partial charge on any atom is 0.119 e. The maximum atomic E-state index is 7.15. The van der Waals surface area contributed by atoms with Crippen LogP contribution in [-0.4, -0.2) is 19.0 Å². The topological polar surface area (TPSA) is 68.3 Å². The Kier molecular flexibility index (Phi) is 4.79. The van der Waals surface area contributed by atoms with E-state index in [1.807, 2.05) is 31.2 Å². The Morgan fingerprint density at radius 1 is 1.50 bits per heavy atom. The van der Waals surface area contributed by atoms with E-state index >= 15 is 0 Å². The Labute approximate surface area is 95.9 Å². The van der Waals surface area contributed by atoms with E-state index < -0.39 is 0 Å². The number of amidine groups is 1. The quantitative estimate of drug-likeness (QED) is 0.570. The van der Waals surface area contributed by atoms with Gasteiger partial charge in [0, 0.05) is 6.42 Å². The zero-order valence-corrected chi connectivity index (χ0v) is 9.69. The molecular formula is C12H18N2O2. The molecule has 88 valence electrons. The van der Waals surface area contributed by atoms with Gasteiger partial charge in [-0.2, -0.15) is 0 Å². The highest BCUT2D eigenvalue weighted by atomic mass is 16.5. The van der Waals surface area contributed by atoms with Crippen molar-refractivity contribution in [3.05, 3.63) is 29.8 Å². The van der Waals surface area contributed by atoms with E-state index in [0.717, 1.165) is 11.3 Å². The summed E-state index contributed by atoms with van der Waals surface area (Å²) >= 11 is 0. The second-order valence-corrected chi connectivity index (χ2v) is 3.70. The number of benzene rings is 1. The zero-order chi connectivity index (χ0) is 12.0. The fraction of sp³-hybridized carbons (Fsp3) is 0.417. The molecule has 0 aromatic heterocycles. The minimum atomic E-state index is -0.0382. The lowest BCUT2D eigenvalue weighted by Crippen LogP contribution is -2.19. The Morgan fingerprint density at radius 3 is 2.88 bits per heavy atom. The average Bonchev–Trinajstić information content (AvgIpc) is 2.26. The molecule has 16 heavy (non-hydrogen) atoms. The summed E-state index contributed by atoms with van der Waals surface area (Å²) in [7, 11) is 1.64. The van der Waals surface area contributed by atoms with Crippen molar-refractivity contribution in [2.75, 3.05) is 7.11 Å². The van der Waals surface area contributed by atoms with Crippen LogP contribution in [0.5, 0.6) is 5.75 Å². The Morgan fingerprint density at radius 2 is 2.25 bits per heavy atom. The van der Waals surface area contributed by atoms with Gasteiger partial charge in [0.1, 0.15) is 5.75 Å². The van der Waals surface area contributed by atoms with E-state index in [4.69, 9.17) is 20.6 Å². The van der Waals surface area contributed by atoms with E-state index in [1.54, 1.807) is 7.11 Å². The summed E-state index contributed by atoms with van der Waals surface area (Å²) in [4.78, 5) is 0. The normalized spacial score (nSPS) is 12.1. The molecule has 0 saturated carbocycles. The van der Waals surface area contributed by atoms with Crippen molar-refractivity contribution in [1.82, 2.24) is 0 Å². The molecule has 0 amide bonds. The molecule has 1 atom stereocenters. The number of rotatable bonds is 6. The third-order valence-corrected chi connectivity index (χ3v) is 2.18. The van der Waals surface area contributed by atoms with Crippen LogP contribution in [-0.2, 0) is 11.3 Å². The van der Waals surface area contributed by atoms with E-state index in [2.05, 4.69) is 0 Å². The van der Waals surface area contributed by atoms with Crippen molar-refractivity contribution < 1.29 is 9.47 Å². The molecule has 0 spiro atoms. The maximum absolute atomic E-state index is 7.15. The highest BCUT2D eigenvalue weighted by molar-refractivity contribution is 5.77. The smallest absolute Gasteiger partial charge is 0.119 e. The van der Waals surface area contributed by atoms with Gasteiger partial charge in [0.05, 0.1) is 25.7 Å². The van der Waals surface area contributed by atoms with Crippen LogP contribution >= 0.6 is 0 Å². The van der Waals surface area contributed by atoms with Crippen LogP contribution in [0.25, 0.3) is 0 Å². The number of hydrogen-bond acceptors (Lipinski definition) is 3. The van der Waals surface area contributed by atoms with Crippen LogP contribution in [0.3, 0.4) is 0 Å². The van der Waals surface area contributed by atoms with Gasteiger partial charge in [-0.15, -0.1) is 0 Å². The Hall–Kier alpha value is -1.55. The number of nitrogens with one attached hydrogen (secondary N) is 1. The van der Waals surface area contributed by atoms with Gasteiger partial charge in [-0.1, -0.05) is 12.1 Å². The lowest BCUT2D eigenvalue weighted by atomic mass is 10.2. The lowest BCUT2D eigenvalue weighted by molar-refractivity contribution is 0.0577. The van der Waals surface area contributed by atoms with Crippen LogP contribution in [0.2, 0.25) is 0 Å². The van der Waals surface area contributed by atoms with Crippen molar-refractivity contribution in [2.45, 2.75) is 26.1 Å². The molecule has 0 bridgehead atoms. The molecule has 0 aliphatic carbocycles. The van der Waals surface area contributed by atoms with Crippen molar-refractivity contribution in [2.24, 2.45) is 5.73 Å². The van der Waals surface area contributed by atoms with Crippen molar-refractivity contribution >= 4 is 5.84 Å². The van der Waals surface area contributed by atoms with E-state index in [1.165, 1.54) is 0 Å².